The van der Waals surface area contributed by atoms with E-state index in [-0.39, 0.29) is 5.91 Å². The number of amides is 3. The van der Waals surface area contributed by atoms with Gasteiger partial charge in [-0.15, -0.1) is 0 Å². The highest BCUT2D eigenvalue weighted by atomic mass is 16.5. The standard InChI is InChI=1S/C21H25N3O3/c1-27-18-12-10-17(11-13-18)22-21(26)23-19(16-8-4-2-5-9-16)20(25)24-14-6-3-7-15-24/h2,4-5,8-13,19H,3,6-7,14-15H2,1H3,(H2,22,23,26). The van der Waals surface area contributed by atoms with E-state index in [0.717, 1.165) is 37.9 Å². The molecule has 6 nitrogen and oxygen atoms in total. The molecule has 1 atom stereocenters. The third-order valence-corrected chi connectivity index (χ3v) is 4.67. The second kappa shape index (κ2) is 9.07. The fraction of sp³-hybridized carbons (Fsp3) is 0.333. The molecule has 0 bridgehead atoms. The molecule has 0 aromatic heterocycles. The second-order valence-electron chi connectivity index (χ2n) is 6.56. The maximum absolute atomic E-state index is 13.0. The molecule has 0 radical (unpaired) electrons. The summed E-state index contributed by atoms with van der Waals surface area (Å²) >= 11 is 0. The first kappa shape index (κ1) is 18.8. The number of rotatable bonds is 5. The van der Waals surface area contributed by atoms with Gasteiger partial charge < -0.3 is 20.3 Å². The molecule has 1 saturated heterocycles. The zero-order valence-corrected chi connectivity index (χ0v) is 15.5. The van der Waals surface area contributed by atoms with Crippen molar-refractivity contribution in [1.29, 1.82) is 0 Å². The number of methoxy groups -OCH3 is 1. The van der Waals surface area contributed by atoms with Gasteiger partial charge in [0.2, 0.25) is 5.91 Å². The molecule has 1 heterocycles. The van der Waals surface area contributed by atoms with E-state index in [1.54, 1.807) is 31.4 Å². The van der Waals surface area contributed by atoms with E-state index in [0.29, 0.717) is 11.4 Å². The van der Waals surface area contributed by atoms with Crippen molar-refractivity contribution in [3.8, 4) is 5.75 Å². The highest BCUT2D eigenvalue weighted by Crippen LogP contribution is 2.20. The van der Waals surface area contributed by atoms with Gasteiger partial charge in [0.25, 0.3) is 0 Å². The van der Waals surface area contributed by atoms with Crippen LogP contribution in [0, 0.1) is 0 Å². The van der Waals surface area contributed by atoms with Crippen molar-refractivity contribution in [1.82, 2.24) is 10.2 Å². The molecule has 1 aliphatic heterocycles. The first-order valence-corrected chi connectivity index (χ1v) is 9.22. The number of piperidine rings is 1. The molecular formula is C21H25N3O3. The minimum atomic E-state index is -0.706. The highest BCUT2D eigenvalue weighted by molar-refractivity contribution is 5.94. The summed E-state index contributed by atoms with van der Waals surface area (Å²) in [5.41, 5.74) is 1.41. The summed E-state index contributed by atoms with van der Waals surface area (Å²) in [5, 5.41) is 5.61. The molecule has 0 aliphatic carbocycles. The molecule has 1 fully saturated rings. The third-order valence-electron chi connectivity index (χ3n) is 4.67. The summed E-state index contributed by atoms with van der Waals surface area (Å²) < 4.78 is 5.12. The van der Waals surface area contributed by atoms with E-state index < -0.39 is 12.1 Å². The number of nitrogens with one attached hydrogen (secondary N) is 2. The maximum atomic E-state index is 13.0. The van der Waals surface area contributed by atoms with Crippen molar-refractivity contribution in [3.05, 3.63) is 60.2 Å². The van der Waals surface area contributed by atoms with Crippen molar-refractivity contribution in [2.24, 2.45) is 0 Å². The number of anilines is 1. The van der Waals surface area contributed by atoms with Crippen LogP contribution in [0.15, 0.2) is 54.6 Å². The normalized spacial score (nSPS) is 14.9. The number of hydrogen-bond donors (Lipinski definition) is 2. The summed E-state index contributed by atoms with van der Waals surface area (Å²) in [6.45, 7) is 1.48. The molecule has 1 unspecified atom stereocenters. The number of hydrogen-bond acceptors (Lipinski definition) is 3. The first-order valence-electron chi connectivity index (χ1n) is 9.22. The molecule has 27 heavy (non-hydrogen) atoms. The Bertz CT molecular complexity index is 756. The minimum Gasteiger partial charge on any atom is -0.497 e. The Balaban J connectivity index is 1.72. The van der Waals surface area contributed by atoms with Crippen LogP contribution in [-0.2, 0) is 4.79 Å². The van der Waals surface area contributed by atoms with Gasteiger partial charge in [0.15, 0.2) is 0 Å². The van der Waals surface area contributed by atoms with Gasteiger partial charge in [-0.25, -0.2) is 4.79 Å². The summed E-state index contributed by atoms with van der Waals surface area (Å²) in [4.78, 5) is 27.4. The van der Waals surface area contributed by atoms with Crippen LogP contribution in [0.4, 0.5) is 10.5 Å². The van der Waals surface area contributed by atoms with E-state index in [9.17, 15) is 9.59 Å². The van der Waals surface area contributed by atoms with Crippen LogP contribution in [0.1, 0.15) is 30.9 Å². The summed E-state index contributed by atoms with van der Waals surface area (Å²) in [6.07, 6.45) is 3.15. The lowest BCUT2D eigenvalue weighted by Crippen LogP contribution is -2.45. The average molecular weight is 367 g/mol. The first-order chi connectivity index (χ1) is 13.2. The van der Waals surface area contributed by atoms with E-state index in [4.69, 9.17) is 4.74 Å². The Kier molecular flexibility index (Phi) is 6.30. The Morgan fingerprint density at radius 2 is 1.63 bits per heavy atom. The molecule has 2 N–H and O–H groups in total. The van der Waals surface area contributed by atoms with Gasteiger partial charge in [-0.3, -0.25) is 4.79 Å². The van der Waals surface area contributed by atoms with E-state index in [1.807, 2.05) is 35.2 Å². The monoisotopic (exact) mass is 367 g/mol. The smallest absolute Gasteiger partial charge is 0.320 e. The van der Waals surface area contributed by atoms with Crippen LogP contribution in [-0.4, -0.2) is 37.0 Å². The number of benzene rings is 2. The highest BCUT2D eigenvalue weighted by Gasteiger charge is 2.28. The Morgan fingerprint density at radius 3 is 2.26 bits per heavy atom. The van der Waals surface area contributed by atoms with Crippen LogP contribution in [0.25, 0.3) is 0 Å². The predicted molar refractivity (Wildman–Crippen MR) is 105 cm³/mol. The van der Waals surface area contributed by atoms with E-state index in [1.165, 1.54) is 0 Å². The summed E-state index contributed by atoms with van der Waals surface area (Å²) in [6, 6.07) is 15.3. The Morgan fingerprint density at radius 1 is 0.963 bits per heavy atom. The number of likely N-dealkylation sites (tertiary alicyclic amines) is 1. The Labute approximate surface area is 159 Å². The SMILES string of the molecule is COc1ccc(NC(=O)NC(C(=O)N2CCCCC2)c2ccccc2)cc1. The van der Waals surface area contributed by atoms with Gasteiger partial charge in [-0.1, -0.05) is 30.3 Å². The van der Waals surface area contributed by atoms with Crippen LogP contribution < -0.4 is 15.4 Å². The molecule has 2 aromatic rings. The van der Waals surface area contributed by atoms with Gasteiger partial charge in [-0.05, 0) is 49.1 Å². The average Bonchev–Trinajstić information content (AvgIpc) is 2.73. The van der Waals surface area contributed by atoms with Crippen molar-refractivity contribution in [3.63, 3.8) is 0 Å². The zero-order chi connectivity index (χ0) is 19.1. The van der Waals surface area contributed by atoms with Gasteiger partial charge in [0, 0.05) is 18.8 Å². The second-order valence-corrected chi connectivity index (χ2v) is 6.56. The maximum Gasteiger partial charge on any atom is 0.320 e. The van der Waals surface area contributed by atoms with E-state index in [2.05, 4.69) is 10.6 Å². The lowest BCUT2D eigenvalue weighted by molar-refractivity contribution is -0.134. The van der Waals surface area contributed by atoms with Gasteiger partial charge in [0.05, 0.1) is 7.11 Å². The largest absolute Gasteiger partial charge is 0.497 e. The number of carbonyl (C=O) groups excluding carboxylic acids is 2. The van der Waals surface area contributed by atoms with Crippen LogP contribution in [0.5, 0.6) is 5.75 Å². The number of nitrogens with zero attached hydrogens (tertiary/aromatic N) is 1. The fourth-order valence-electron chi connectivity index (χ4n) is 3.20. The lowest BCUT2D eigenvalue weighted by Gasteiger charge is -2.31. The molecule has 1 aliphatic rings. The molecule has 6 heteroatoms. The molecule has 3 rings (SSSR count). The number of ether oxygens (including phenoxy) is 1. The van der Waals surface area contributed by atoms with Gasteiger partial charge in [-0.2, -0.15) is 0 Å². The number of carbonyl (C=O) groups is 2. The fourth-order valence-corrected chi connectivity index (χ4v) is 3.20. The van der Waals surface area contributed by atoms with Crippen LogP contribution >= 0.6 is 0 Å². The minimum absolute atomic E-state index is 0.0641. The summed E-state index contributed by atoms with van der Waals surface area (Å²) in [7, 11) is 1.59. The molecule has 0 saturated carbocycles. The molecule has 0 spiro atoms. The number of urea groups is 1. The summed E-state index contributed by atoms with van der Waals surface area (Å²) in [5.74, 6) is 0.647. The third kappa shape index (κ3) is 5.00. The molecule has 142 valence electrons. The quantitative estimate of drug-likeness (QED) is 0.849. The Hall–Kier alpha value is -3.02. The van der Waals surface area contributed by atoms with Crippen LogP contribution in [0.3, 0.4) is 0 Å². The van der Waals surface area contributed by atoms with Crippen molar-refractivity contribution >= 4 is 17.6 Å². The van der Waals surface area contributed by atoms with Gasteiger partial charge in [0.1, 0.15) is 11.8 Å². The van der Waals surface area contributed by atoms with Gasteiger partial charge >= 0.3 is 6.03 Å². The zero-order valence-electron chi connectivity index (χ0n) is 15.5. The van der Waals surface area contributed by atoms with E-state index >= 15 is 0 Å². The molecular weight excluding hydrogens is 342 g/mol. The molecule has 2 aromatic carbocycles. The van der Waals surface area contributed by atoms with Crippen LogP contribution in [0.2, 0.25) is 0 Å². The van der Waals surface area contributed by atoms with Crippen molar-refractivity contribution < 1.29 is 14.3 Å². The topological polar surface area (TPSA) is 70.7 Å². The molecule has 3 amide bonds. The predicted octanol–water partition coefficient (Wildman–Crippen LogP) is 3.57. The van der Waals surface area contributed by atoms with Crippen molar-refractivity contribution in [2.45, 2.75) is 25.3 Å². The lowest BCUT2D eigenvalue weighted by atomic mass is 10.0. The van der Waals surface area contributed by atoms with Crippen molar-refractivity contribution in [2.75, 3.05) is 25.5 Å².